The molecule has 15 heavy (non-hydrogen) atoms. The van der Waals surface area contributed by atoms with E-state index in [9.17, 15) is 0 Å². The average molecular weight is 205 g/mol. The van der Waals surface area contributed by atoms with Gasteiger partial charge in [-0.1, -0.05) is 39.8 Å². The van der Waals surface area contributed by atoms with Gasteiger partial charge in [0.2, 0.25) is 0 Å². The molecule has 0 heterocycles. The molecule has 0 amide bonds. The lowest BCUT2D eigenvalue weighted by molar-refractivity contribution is 0.866. The van der Waals surface area contributed by atoms with Gasteiger partial charge in [-0.25, -0.2) is 0 Å². The van der Waals surface area contributed by atoms with Crippen LogP contribution in [0.5, 0.6) is 0 Å². The van der Waals surface area contributed by atoms with Gasteiger partial charge in [-0.2, -0.15) is 0 Å². The summed E-state index contributed by atoms with van der Waals surface area (Å²) >= 11 is 0. The van der Waals surface area contributed by atoms with Gasteiger partial charge < -0.3 is 0 Å². The Labute approximate surface area is 94.3 Å². The van der Waals surface area contributed by atoms with E-state index in [2.05, 4.69) is 44.0 Å². The lowest BCUT2D eigenvalue weighted by Gasteiger charge is -2.07. The van der Waals surface area contributed by atoms with Crippen LogP contribution < -0.4 is 0 Å². The summed E-state index contributed by atoms with van der Waals surface area (Å²) in [5, 5.41) is 0. The van der Waals surface area contributed by atoms with Crippen LogP contribution in [0.3, 0.4) is 0 Å². The van der Waals surface area contributed by atoms with E-state index in [1.54, 1.807) is 0 Å². The summed E-state index contributed by atoms with van der Waals surface area (Å²) in [7, 11) is 0. The zero-order valence-corrected chi connectivity index (χ0v) is 10.8. The normalized spacial score (nSPS) is 10.3. The van der Waals surface area contributed by atoms with E-state index in [1.165, 1.54) is 11.1 Å². The van der Waals surface area contributed by atoms with Crippen molar-refractivity contribution in [3.63, 3.8) is 0 Å². The molecule has 1 rings (SSSR count). The fourth-order valence-electron chi connectivity index (χ4n) is 1.26. The number of hydrogen-bond donors (Lipinski definition) is 0. The van der Waals surface area contributed by atoms with E-state index >= 15 is 0 Å². The second-order valence-electron chi connectivity index (χ2n) is 3.59. The first-order valence-electron chi connectivity index (χ1n) is 5.74. The summed E-state index contributed by atoms with van der Waals surface area (Å²) < 4.78 is 0. The third-order valence-corrected chi connectivity index (χ3v) is 2.17. The van der Waals surface area contributed by atoms with Gasteiger partial charge in [0.15, 0.2) is 0 Å². The molecule has 0 fully saturated rings. The molecule has 0 saturated carbocycles. The molecule has 1 aromatic carbocycles. The van der Waals surface area contributed by atoms with Crippen molar-refractivity contribution in [1.29, 1.82) is 0 Å². The SMILES string of the molecule is CC.CC=Nc1cc(C(C)C)ccc1C. The van der Waals surface area contributed by atoms with Crippen LogP contribution in [0, 0.1) is 6.92 Å². The fraction of sp³-hybridized carbons (Fsp3) is 0.500. The molecule has 0 atom stereocenters. The van der Waals surface area contributed by atoms with Crippen LogP contribution in [0.25, 0.3) is 0 Å². The molecule has 0 aliphatic carbocycles. The van der Waals surface area contributed by atoms with Crippen molar-refractivity contribution >= 4 is 11.9 Å². The molecule has 0 saturated heterocycles. The highest BCUT2D eigenvalue weighted by Crippen LogP contribution is 2.24. The number of nitrogens with zero attached hydrogens (tertiary/aromatic N) is 1. The van der Waals surface area contributed by atoms with Crippen molar-refractivity contribution in [2.24, 2.45) is 4.99 Å². The minimum absolute atomic E-state index is 0.575. The molecular formula is C14H23N. The summed E-state index contributed by atoms with van der Waals surface area (Å²) in [5.41, 5.74) is 3.68. The Morgan fingerprint density at radius 3 is 2.27 bits per heavy atom. The standard InChI is InChI=1S/C12H17N.C2H6/c1-5-13-12-8-11(9(2)3)7-6-10(12)4;1-2/h5-9H,1-4H3;1-2H3. The van der Waals surface area contributed by atoms with Crippen molar-refractivity contribution in [1.82, 2.24) is 0 Å². The second-order valence-corrected chi connectivity index (χ2v) is 3.59. The minimum atomic E-state index is 0.575. The van der Waals surface area contributed by atoms with E-state index in [0.29, 0.717) is 5.92 Å². The first-order chi connectivity index (χ1) is 7.15. The minimum Gasteiger partial charge on any atom is -0.261 e. The van der Waals surface area contributed by atoms with Crippen LogP contribution in [0.1, 0.15) is 51.7 Å². The molecular weight excluding hydrogens is 182 g/mol. The Morgan fingerprint density at radius 1 is 1.20 bits per heavy atom. The molecule has 1 heteroatoms. The Bertz CT molecular complexity index is 311. The number of benzene rings is 1. The molecule has 84 valence electrons. The molecule has 0 aliphatic rings. The van der Waals surface area contributed by atoms with Gasteiger partial charge >= 0.3 is 0 Å². The van der Waals surface area contributed by atoms with Gasteiger partial charge in [-0.3, -0.25) is 4.99 Å². The molecule has 1 aromatic rings. The first-order valence-corrected chi connectivity index (χ1v) is 5.74. The summed E-state index contributed by atoms with van der Waals surface area (Å²) in [6.07, 6.45) is 1.84. The summed E-state index contributed by atoms with van der Waals surface area (Å²) in [6.45, 7) is 12.4. The van der Waals surface area contributed by atoms with Gasteiger partial charge in [0, 0.05) is 6.21 Å². The van der Waals surface area contributed by atoms with E-state index in [-0.39, 0.29) is 0 Å². The van der Waals surface area contributed by atoms with Crippen LogP contribution in [0.4, 0.5) is 5.69 Å². The molecule has 0 radical (unpaired) electrons. The molecule has 0 unspecified atom stereocenters. The van der Waals surface area contributed by atoms with Gasteiger partial charge in [0.1, 0.15) is 0 Å². The predicted molar refractivity (Wildman–Crippen MR) is 70.4 cm³/mol. The van der Waals surface area contributed by atoms with Crippen LogP contribution in [0.2, 0.25) is 0 Å². The average Bonchev–Trinajstić information content (AvgIpc) is 2.24. The maximum absolute atomic E-state index is 4.32. The van der Waals surface area contributed by atoms with Gasteiger partial charge in [0.25, 0.3) is 0 Å². The Kier molecular flexibility index (Phi) is 6.68. The van der Waals surface area contributed by atoms with E-state index in [0.717, 1.165) is 5.69 Å². The zero-order chi connectivity index (χ0) is 11.8. The summed E-state index contributed by atoms with van der Waals surface area (Å²) in [4.78, 5) is 4.32. The molecule has 0 bridgehead atoms. The van der Waals surface area contributed by atoms with Crippen LogP contribution in [0.15, 0.2) is 23.2 Å². The maximum atomic E-state index is 4.32. The predicted octanol–water partition coefficient (Wildman–Crippen LogP) is 4.87. The van der Waals surface area contributed by atoms with Crippen molar-refractivity contribution in [2.45, 2.75) is 47.5 Å². The number of aliphatic imine (C=N–C) groups is 1. The quantitative estimate of drug-likeness (QED) is 0.611. The van der Waals surface area contributed by atoms with E-state index in [4.69, 9.17) is 0 Å². The van der Waals surface area contributed by atoms with Gasteiger partial charge in [-0.05, 0) is 37.0 Å². The van der Waals surface area contributed by atoms with Crippen molar-refractivity contribution in [2.75, 3.05) is 0 Å². The van der Waals surface area contributed by atoms with Crippen molar-refractivity contribution in [3.05, 3.63) is 29.3 Å². The van der Waals surface area contributed by atoms with Crippen molar-refractivity contribution < 1.29 is 0 Å². The maximum Gasteiger partial charge on any atom is 0.0657 e. The zero-order valence-electron chi connectivity index (χ0n) is 10.8. The lowest BCUT2D eigenvalue weighted by atomic mass is 10.0. The highest BCUT2D eigenvalue weighted by Gasteiger charge is 2.01. The first kappa shape index (κ1) is 13.9. The van der Waals surface area contributed by atoms with E-state index < -0.39 is 0 Å². The van der Waals surface area contributed by atoms with Crippen LogP contribution in [-0.2, 0) is 0 Å². The van der Waals surface area contributed by atoms with Crippen molar-refractivity contribution in [3.8, 4) is 0 Å². The Morgan fingerprint density at radius 2 is 1.80 bits per heavy atom. The Balaban J connectivity index is 0.000000921. The largest absolute Gasteiger partial charge is 0.261 e. The third-order valence-electron chi connectivity index (χ3n) is 2.17. The molecule has 0 aliphatic heterocycles. The van der Waals surface area contributed by atoms with Gasteiger partial charge in [-0.15, -0.1) is 0 Å². The highest BCUT2D eigenvalue weighted by atomic mass is 14.7. The molecule has 0 aromatic heterocycles. The fourth-order valence-corrected chi connectivity index (χ4v) is 1.26. The van der Waals surface area contributed by atoms with Gasteiger partial charge in [0.05, 0.1) is 5.69 Å². The number of rotatable bonds is 2. The molecule has 0 N–H and O–H groups in total. The number of hydrogen-bond acceptors (Lipinski definition) is 1. The smallest absolute Gasteiger partial charge is 0.0657 e. The Hall–Kier alpha value is -1.11. The summed E-state index contributed by atoms with van der Waals surface area (Å²) in [6, 6.07) is 6.48. The monoisotopic (exact) mass is 205 g/mol. The topological polar surface area (TPSA) is 12.4 Å². The molecule has 0 spiro atoms. The highest BCUT2D eigenvalue weighted by molar-refractivity contribution is 5.62. The third kappa shape index (κ3) is 4.28. The summed E-state index contributed by atoms with van der Waals surface area (Å²) in [5.74, 6) is 0.575. The lowest BCUT2D eigenvalue weighted by Crippen LogP contribution is -1.87. The number of aryl methyl sites for hydroxylation is 1. The molecule has 1 nitrogen and oxygen atoms in total. The van der Waals surface area contributed by atoms with E-state index in [1.807, 2.05) is 27.0 Å². The second kappa shape index (κ2) is 7.22. The van der Waals surface area contributed by atoms with Crippen LogP contribution >= 0.6 is 0 Å². The van der Waals surface area contributed by atoms with Crippen LogP contribution in [-0.4, -0.2) is 6.21 Å².